The molecule has 0 unspecified atom stereocenters. The minimum Gasteiger partial charge on any atom is -0.326 e. The summed E-state index contributed by atoms with van der Waals surface area (Å²) in [6.07, 6.45) is 2.05. The zero-order valence-electron chi connectivity index (χ0n) is 15.1. The summed E-state index contributed by atoms with van der Waals surface area (Å²) in [6.45, 7) is 4.49. The third kappa shape index (κ3) is 4.10. The molecule has 2 aromatic carbocycles. The molecule has 5 heteroatoms. The van der Waals surface area contributed by atoms with E-state index >= 15 is 0 Å². The second-order valence-electron chi connectivity index (χ2n) is 6.94. The van der Waals surface area contributed by atoms with Crippen LogP contribution in [0.2, 0.25) is 0 Å². The van der Waals surface area contributed by atoms with Crippen molar-refractivity contribution in [1.29, 1.82) is 0 Å². The van der Waals surface area contributed by atoms with Crippen LogP contribution < -0.4 is 10.2 Å². The number of halogens is 1. The number of aryl methyl sites for hydroxylation is 1. The third-order valence-corrected chi connectivity index (χ3v) is 4.53. The first-order valence-electron chi connectivity index (χ1n) is 8.92. The lowest BCUT2D eigenvalue weighted by Crippen LogP contribution is -2.38. The number of carbonyl (C=O) groups is 2. The van der Waals surface area contributed by atoms with Crippen molar-refractivity contribution in [1.82, 2.24) is 0 Å². The van der Waals surface area contributed by atoms with Gasteiger partial charge in [0, 0.05) is 23.8 Å². The maximum absolute atomic E-state index is 13.0. The van der Waals surface area contributed by atoms with E-state index in [9.17, 15) is 14.0 Å². The van der Waals surface area contributed by atoms with Crippen LogP contribution >= 0.6 is 0 Å². The maximum atomic E-state index is 13.0. The summed E-state index contributed by atoms with van der Waals surface area (Å²) >= 11 is 0. The summed E-state index contributed by atoms with van der Waals surface area (Å²) in [4.78, 5) is 26.6. The number of benzene rings is 2. The molecule has 0 atom stereocenters. The van der Waals surface area contributed by atoms with Crippen molar-refractivity contribution >= 4 is 23.2 Å². The molecule has 1 N–H and O–H groups in total. The Morgan fingerprint density at radius 2 is 1.88 bits per heavy atom. The van der Waals surface area contributed by atoms with Crippen molar-refractivity contribution in [3.05, 3.63) is 59.4 Å². The second kappa shape index (κ2) is 7.68. The highest BCUT2D eigenvalue weighted by atomic mass is 19.1. The molecule has 0 saturated heterocycles. The number of nitrogens with zero attached hydrogens (tertiary/aromatic N) is 1. The first-order chi connectivity index (χ1) is 12.4. The van der Waals surface area contributed by atoms with Gasteiger partial charge in [-0.05, 0) is 48.2 Å². The van der Waals surface area contributed by atoms with Crippen LogP contribution in [0.15, 0.2) is 42.5 Å². The van der Waals surface area contributed by atoms with Gasteiger partial charge in [-0.25, -0.2) is 4.39 Å². The lowest BCUT2D eigenvalue weighted by Gasteiger charge is -2.31. The Bertz CT molecular complexity index is 815. The molecule has 4 nitrogen and oxygen atoms in total. The van der Waals surface area contributed by atoms with Crippen LogP contribution in [0, 0.1) is 11.7 Å². The number of amides is 2. The summed E-state index contributed by atoms with van der Waals surface area (Å²) < 4.78 is 13.0. The Balaban J connectivity index is 1.75. The monoisotopic (exact) mass is 354 g/mol. The Hall–Kier alpha value is -2.69. The first-order valence-corrected chi connectivity index (χ1v) is 8.92. The fraction of sp³-hybridized carbons (Fsp3) is 0.333. The van der Waals surface area contributed by atoms with Gasteiger partial charge in [-0.1, -0.05) is 32.0 Å². The van der Waals surface area contributed by atoms with E-state index in [0.29, 0.717) is 12.2 Å². The van der Waals surface area contributed by atoms with Gasteiger partial charge in [0.1, 0.15) is 5.82 Å². The summed E-state index contributed by atoms with van der Waals surface area (Å²) in [7, 11) is 0. The molecule has 1 aliphatic rings. The van der Waals surface area contributed by atoms with Gasteiger partial charge in [-0.3, -0.25) is 9.59 Å². The number of carbonyl (C=O) groups excluding carboxylic acids is 2. The fourth-order valence-electron chi connectivity index (χ4n) is 3.19. The quantitative estimate of drug-likeness (QED) is 0.904. The molecule has 0 saturated carbocycles. The Morgan fingerprint density at radius 3 is 2.58 bits per heavy atom. The molecule has 0 radical (unpaired) electrons. The zero-order chi connectivity index (χ0) is 18.7. The zero-order valence-corrected chi connectivity index (χ0v) is 15.1. The van der Waals surface area contributed by atoms with Crippen molar-refractivity contribution in [3.8, 4) is 0 Å². The van der Waals surface area contributed by atoms with Crippen molar-refractivity contribution < 1.29 is 14.0 Å². The van der Waals surface area contributed by atoms with Gasteiger partial charge in [0.2, 0.25) is 11.8 Å². The molecule has 2 aromatic rings. The SMILES string of the molecule is CC(C)C(=O)N1CCCc2ccc(NC(=O)Cc3ccc(F)cc3)cc21. The fourth-order valence-corrected chi connectivity index (χ4v) is 3.19. The molecule has 1 heterocycles. The number of hydrogen-bond acceptors (Lipinski definition) is 2. The minimum absolute atomic E-state index is 0.0716. The van der Waals surface area contributed by atoms with Crippen LogP contribution in [-0.4, -0.2) is 18.4 Å². The van der Waals surface area contributed by atoms with Gasteiger partial charge in [0.05, 0.1) is 6.42 Å². The van der Waals surface area contributed by atoms with Crippen molar-refractivity contribution in [3.63, 3.8) is 0 Å². The molecule has 0 aromatic heterocycles. The van der Waals surface area contributed by atoms with E-state index in [1.54, 1.807) is 12.1 Å². The van der Waals surface area contributed by atoms with Crippen LogP contribution in [0.3, 0.4) is 0 Å². The van der Waals surface area contributed by atoms with Gasteiger partial charge in [-0.2, -0.15) is 0 Å². The van der Waals surface area contributed by atoms with Crippen LogP contribution in [-0.2, 0) is 22.4 Å². The number of fused-ring (bicyclic) bond motifs is 1. The summed E-state index contributed by atoms with van der Waals surface area (Å²) in [5, 5.41) is 2.87. The van der Waals surface area contributed by atoms with E-state index in [1.807, 2.05) is 36.9 Å². The van der Waals surface area contributed by atoms with E-state index < -0.39 is 0 Å². The van der Waals surface area contributed by atoms with Crippen LogP contribution in [0.25, 0.3) is 0 Å². The minimum atomic E-state index is -0.321. The van der Waals surface area contributed by atoms with Gasteiger partial charge < -0.3 is 10.2 Å². The van der Waals surface area contributed by atoms with Crippen molar-refractivity contribution in [2.24, 2.45) is 5.92 Å². The third-order valence-electron chi connectivity index (χ3n) is 4.53. The smallest absolute Gasteiger partial charge is 0.229 e. The van der Waals surface area contributed by atoms with Gasteiger partial charge in [0.25, 0.3) is 0 Å². The van der Waals surface area contributed by atoms with Gasteiger partial charge >= 0.3 is 0 Å². The Kier molecular flexibility index (Phi) is 5.35. The number of nitrogens with one attached hydrogen (secondary N) is 1. The van der Waals surface area contributed by atoms with Gasteiger partial charge in [-0.15, -0.1) is 0 Å². The molecule has 3 rings (SSSR count). The summed E-state index contributed by atoms with van der Waals surface area (Å²) in [5.74, 6) is -0.466. The lowest BCUT2D eigenvalue weighted by molar-refractivity contribution is -0.121. The van der Waals surface area contributed by atoms with E-state index in [4.69, 9.17) is 0 Å². The normalized spacial score (nSPS) is 13.5. The number of anilines is 2. The summed E-state index contributed by atoms with van der Waals surface area (Å²) in [5.41, 5.74) is 3.43. The summed E-state index contributed by atoms with van der Waals surface area (Å²) in [6, 6.07) is 11.6. The van der Waals surface area contributed by atoms with Crippen molar-refractivity contribution in [2.45, 2.75) is 33.1 Å². The predicted molar refractivity (Wildman–Crippen MR) is 101 cm³/mol. The Morgan fingerprint density at radius 1 is 1.15 bits per heavy atom. The predicted octanol–water partition coefficient (Wildman–Crippen LogP) is 3.94. The number of rotatable bonds is 4. The van der Waals surface area contributed by atoms with E-state index in [0.717, 1.165) is 29.7 Å². The highest BCUT2D eigenvalue weighted by Crippen LogP contribution is 2.31. The topological polar surface area (TPSA) is 49.4 Å². The second-order valence-corrected chi connectivity index (χ2v) is 6.94. The lowest BCUT2D eigenvalue weighted by atomic mass is 9.99. The highest BCUT2D eigenvalue weighted by Gasteiger charge is 2.24. The molecule has 0 spiro atoms. The molecule has 2 amide bonds. The van der Waals surface area contributed by atoms with E-state index in [-0.39, 0.29) is 30.0 Å². The van der Waals surface area contributed by atoms with Gasteiger partial charge in [0.15, 0.2) is 0 Å². The molecule has 1 aliphatic heterocycles. The van der Waals surface area contributed by atoms with E-state index in [1.165, 1.54) is 12.1 Å². The Labute approximate surface area is 153 Å². The van der Waals surface area contributed by atoms with Crippen molar-refractivity contribution in [2.75, 3.05) is 16.8 Å². The first kappa shape index (κ1) is 18.1. The molecule has 0 fully saturated rings. The maximum Gasteiger partial charge on any atom is 0.229 e. The average Bonchev–Trinajstić information content (AvgIpc) is 2.62. The molecule has 0 aliphatic carbocycles. The molecular weight excluding hydrogens is 331 g/mol. The molecule has 0 bridgehead atoms. The van der Waals surface area contributed by atoms with Crippen LogP contribution in [0.1, 0.15) is 31.4 Å². The number of hydrogen-bond donors (Lipinski definition) is 1. The molecule has 26 heavy (non-hydrogen) atoms. The van der Waals surface area contributed by atoms with Crippen LogP contribution in [0.5, 0.6) is 0 Å². The van der Waals surface area contributed by atoms with Crippen LogP contribution in [0.4, 0.5) is 15.8 Å². The molecular formula is C21H23FN2O2. The largest absolute Gasteiger partial charge is 0.326 e. The van der Waals surface area contributed by atoms with E-state index in [2.05, 4.69) is 5.32 Å². The average molecular weight is 354 g/mol. The highest BCUT2D eigenvalue weighted by molar-refractivity contribution is 5.98. The molecule has 136 valence electrons. The standard InChI is InChI=1S/C21H23FN2O2/c1-14(2)21(26)24-11-3-4-16-7-10-18(13-19(16)24)23-20(25)12-15-5-8-17(22)9-6-15/h5-10,13-14H,3-4,11-12H2,1-2H3,(H,23,25).